The third kappa shape index (κ3) is 7.41. The van der Waals surface area contributed by atoms with Gasteiger partial charge in [0.05, 0.1) is 0 Å². The number of urea groups is 1. The number of nitrogens with zero attached hydrogens (tertiary/aromatic N) is 6. The van der Waals surface area contributed by atoms with Crippen molar-refractivity contribution in [2.45, 2.75) is 89.3 Å². The van der Waals surface area contributed by atoms with Gasteiger partial charge in [0.2, 0.25) is 5.91 Å². The fraction of sp³-hybridized carbons (Fsp3) is 0.821. The summed E-state index contributed by atoms with van der Waals surface area (Å²) in [6.45, 7) is 4.40. The molecule has 3 heterocycles. The van der Waals surface area contributed by atoms with E-state index in [0.717, 1.165) is 69.3 Å². The van der Waals surface area contributed by atoms with Crippen molar-refractivity contribution in [3.8, 4) is 0 Å². The van der Waals surface area contributed by atoms with E-state index < -0.39 is 10.2 Å². The maximum atomic E-state index is 13.7. The first-order valence-corrected chi connectivity index (χ1v) is 17.7. The summed E-state index contributed by atoms with van der Waals surface area (Å²) in [6, 6.07) is 0.306. The molecule has 3 amide bonds. The van der Waals surface area contributed by atoms with E-state index in [2.05, 4.69) is 20.1 Å². The highest BCUT2D eigenvalue weighted by molar-refractivity contribution is 7.86. The van der Waals surface area contributed by atoms with E-state index >= 15 is 0 Å². The minimum Gasteiger partial charge on any atom is -0.342 e. The van der Waals surface area contributed by atoms with Gasteiger partial charge in [-0.05, 0) is 38.5 Å². The van der Waals surface area contributed by atoms with Crippen LogP contribution in [-0.2, 0) is 21.5 Å². The number of thiazole rings is 1. The van der Waals surface area contributed by atoms with E-state index in [-0.39, 0.29) is 24.0 Å². The molecule has 13 heteroatoms. The number of hydrogen-bond acceptors (Lipinski definition) is 7. The molecule has 0 unspecified atom stereocenters. The largest absolute Gasteiger partial charge is 0.342 e. The number of amides is 3. The lowest BCUT2D eigenvalue weighted by molar-refractivity contribution is -0.136. The molecular formula is C28H47N7O4S2. The molecule has 2 saturated heterocycles. The first kappa shape index (κ1) is 30.7. The fourth-order valence-electron chi connectivity index (χ4n) is 6.95. The highest BCUT2D eigenvalue weighted by Gasteiger charge is 2.37. The molecule has 0 atom stereocenters. The second-order valence-electron chi connectivity index (χ2n) is 12.3. The summed E-state index contributed by atoms with van der Waals surface area (Å²) in [5.41, 5.74) is 0. The first-order valence-electron chi connectivity index (χ1n) is 15.4. The Kier molecular flexibility index (Phi) is 10.2. The second kappa shape index (κ2) is 13.7. The maximum absolute atomic E-state index is 13.7. The molecule has 2 aliphatic heterocycles. The third-order valence-corrected chi connectivity index (χ3v) is 12.2. The van der Waals surface area contributed by atoms with Crippen LogP contribution in [0.2, 0.25) is 0 Å². The van der Waals surface area contributed by atoms with Gasteiger partial charge in [-0.3, -0.25) is 15.0 Å². The molecular weight excluding hydrogens is 562 g/mol. The molecule has 5 rings (SSSR count). The highest BCUT2D eigenvalue weighted by Crippen LogP contribution is 2.32. The molecule has 0 bridgehead atoms. The van der Waals surface area contributed by atoms with Crippen LogP contribution in [0.1, 0.15) is 75.5 Å². The smallest absolute Gasteiger partial charge is 0.324 e. The van der Waals surface area contributed by atoms with Gasteiger partial charge in [0.15, 0.2) is 5.13 Å². The zero-order valence-electron chi connectivity index (χ0n) is 24.7. The molecule has 11 nitrogen and oxygen atoms in total. The molecule has 4 aliphatic rings. The summed E-state index contributed by atoms with van der Waals surface area (Å²) in [5, 5.41) is 3.72. The van der Waals surface area contributed by atoms with Crippen molar-refractivity contribution >= 4 is 38.6 Å². The molecule has 0 spiro atoms. The van der Waals surface area contributed by atoms with Gasteiger partial charge in [0, 0.05) is 89.0 Å². The number of likely N-dealkylation sites (tertiary alicyclic amines) is 1. The second-order valence-corrected chi connectivity index (χ2v) is 15.5. The number of anilines is 1. The number of nitrogens with one attached hydrogen (secondary N) is 1. The Bertz CT molecular complexity index is 1130. The van der Waals surface area contributed by atoms with Crippen molar-refractivity contribution in [3.63, 3.8) is 0 Å². The van der Waals surface area contributed by atoms with Crippen LogP contribution < -0.4 is 5.32 Å². The monoisotopic (exact) mass is 609 g/mol. The Morgan fingerprint density at radius 1 is 0.902 bits per heavy atom. The predicted molar refractivity (Wildman–Crippen MR) is 161 cm³/mol. The van der Waals surface area contributed by atoms with Crippen molar-refractivity contribution < 1.29 is 18.0 Å². The van der Waals surface area contributed by atoms with Crippen LogP contribution in [0.15, 0.2) is 6.20 Å². The molecule has 0 radical (unpaired) electrons. The number of piperazine rings is 1. The topological polar surface area (TPSA) is 109 Å². The van der Waals surface area contributed by atoms with E-state index in [1.807, 2.05) is 11.1 Å². The molecule has 2 aliphatic carbocycles. The van der Waals surface area contributed by atoms with E-state index in [9.17, 15) is 18.0 Å². The lowest BCUT2D eigenvalue weighted by Gasteiger charge is -2.43. The van der Waals surface area contributed by atoms with Gasteiger partial charge in [0.25, 0.3) is 10.2 Å². The number of carbonyl (C=O) groups is 2. The average molecular weight is 610 g/mol. The molecule has 41 heavy (non-hydrogen) atoms. The Balaban J connectivity index is 1.16. The van der Waals surface area contributed by atoms with E-state index in [1.54, 1.807) is 14.1 Å². The Hall–Kier alpha value is -1.80. The van der Waals surface area contributed by atoms with Crippen LogP contribution in [0, 0.1) is 5.92 Å². The van der Waals surface area contributed by atoms with E-state index in [1.165, 1.54) is 39.2 Å². The summed E-state index contributed by atoms with van der Waals surface area (Å²) in [6.07, 6.45) is 13.5. The van der Waals surface area contributed by atoms with Crippen LogP contribution in [0.25, 0.3) is 0 Å². The summed E-state index contributed by atoms with van der Waals surface area (Å²) in [7, 11) is -0.264. The molecule has 1 aromatic rings. The zero-order valence-corrected chi connectivity index (χ0v) is 26.3. The lowest BCUT2D eigenvalue weighted by Crippen LogP contribution is -2.54. The van der Waals surface area contributed by atoms with Crippen molar-refractivity contribution in [1.29, 1.82) is 0 Å². The number of hydrogen-bond donors (Lipinski definition) is 1. The van der Waals surface area contributed by atoms with Gasteiger partial charge >= 0.3 is 6.03 Å². The third-order valence-electron chi connectivity index (χ3n) is 9.34. The maximum Gasteiger partial charge on any atom is 0.324 e. The van der Waals surface area contributed by atoms with Crippen molar-refractivity contribution in [3.05, 3.63) is 11.1 Å². The predicted octanol–water partition coefficient (Wildman–Crippen LogP) is 3.41. The van der Waals surface area contributed by atoms with Crippen LogP contribution >= 0.6 is 11.3 Å². The minimum atomic E-state index is -3.39. The summed E-state index contributed by atoms with van der Waals surface area (Å²) in [5.74, 6) is 0.532. The van der Waals surface area contributed by atoms with Gasteiger partial charge in [-0.1, -0.05) is 32.1 Å². The van der Waals surface area contributed by atoms with Gasteiger partial charge in [-0.25, -0.2) is 9.78 Å². The number of carbonyl (C=O) groups excluding carboxylic acids is 2. The quantitative estimate of drug-likeness (QED) is 0.484. The Labute approximate surface area is 249 Å². The molecule has 4 fully saturated rings. The highest BCUT2D eigenvalue weighted by atomic mass is 32.2. The van der Waals surface area contributed by atoms with Gasteiger partial charge in [0.1, 0.15) is 0 Å². The van der Waals surface area contributed by atoms with Crippen molar-refractivity contribution in [1.82, 2.24) is 28.3 Å². The first-order chi connectivity index (χ1) is 19.7. The zero-order chi connectivity index (χ0) is 29.0. The average Bonchev–Trinajstić information content (AvgIpc) is 3.67. The standard InChI is InChI=1S/C28H47N7O4S2/c1-31(2)41(38,39)34-18-16-32(17-19-34)21-25-20-29-27(40-25)30-28(37)35(23-10-4-3-5-11-23)24-12-14-33(15-13-24)26(36)22-8-6-7-9-22/h20,22-24H,3-19,21H2,1-2H3,(H,29,30,37). The van der Waals surface area contributed by atoms with Gasteiger partial charge in [-0.2, -0.15) is 17.0 Å². The van der Waals surface area contributed by atoms with Gasteiger partial charge < -0.3 is 9.80 Å². The SMILES string of the molecule is CN(C)S(=O)(=O)N1CCN(Cc2cnc(NC(=O)N(C3CCCCC3)C3CCN(C(=O)C4CCCC4)CC3)s2)CC1. The van der Waals surface area contributed by atoms with Crippen LogP contribution in [0.3, 0.4) is 0 Å². The summed E-state index contributed by atoms with van der Waals surface area (Å²) < 4.78 is 27.6. The Morgan fingerprint density at radius 2 is 1.51 bits per heavy atom. The number of aromatic nitrogens is 1. The molecule has 1 N–H and O–H groups in total. The van der Waals surface area contributed by atoms with Crippen LogP contribution in [0.5, 0.6) is 0 Å². The minimum absolute atomic E-state index is 0.0686. The van der Waals surface area contributed by atoms with Crippen LogP contribution in [-0.4, -0.2) is 114 Å². The fourth-order valence-corrected chi connectivity index (χ4v) is 8.88. The normalized spacial score (nSPS) is 22.9. The molecule has 1 aromatic heterocycles. The lowest BCUT2D eigenvalue weighted by atomic mass is 9.91. The number of rotatable bonds is 8. The van der Waals surface area contributed by atoms with E-state index in [4.69, 9.17) is 0 Å². The summed E-state index contributed by atoms with van der Waals surface area (Å²) >= 11 is 1.49. The van der Waals surface area contributed by atoms with E-state index in [0.29, 0.717) is 43.8 Å². The van der Waals surface area contributed by atoms with Crippen LogP contribution in [0.4, 0.5) is 9.93 Å². The van der Waals surface area contributed by atoms with Gasteiger partial charge in [-0.15, -0.1) is 11.3 Å². The molecule has 0 aromatic carbocycles. The van der Waals surface area contributed by atoms with Crippen molar-refractivity contribution in [2.24, 2.45) is 5.92 Å². The Morgan fingerprint density at radius 3 is 2.15 bits per heavy atom. The molecule has 2 saturated carbocycles. The summed E-state index contributed by atoms with van der Waals surface area (Å²) in [4.78, 5) is 38.7. The number of piperidine rings is 1. The van der Waals surface area contributed by atoms with Crippen molar-refractivity contribution in [2.75, 3.05) is 58.7 Å². The molecule has 230 valence electrons.